The summed E-state index contributed by atoms with van der Waals surface area (Å²) in [5.41, 5.74) is 0.939. The molecule has 0 heterocycles. The Hall–Kier alpha value is -0.443. The Morgan fingerprint density at radius 3 is 1.59 bits per heavy atom. The number of allylic oxidation sites excluding steroid dienone is 1. The molecule has 0 aliphatic rings. The van der Waals surface area contributed by atoms with Crippen molar-refractivity contribution in [1.82, 2.24) is 0 Å². The fourth-order valence-corrected chi connectivity index (χ4v) is 4.24. The predicted octanol–water partition coefficient (Wildman–Crippen LogP) is 5.07. The van der Waals surface area contributed by atoms with E-state index in [1.54, 1.807) is 0 Å². The highest BCUT2D eigenvalue weighted by Crippen LogP contribution is 2.28. The molecule has 0 aromatic heterocycles. The van der Waals surface area contributed by atoms with Crippen LogP contribution in [-0.4, -0.2) is 13.9 Å². The second-order valence-electron chi connectivity index (χ2n) is 5.85. The first-order chi connectivity index (χ1) is 7.69. The minimum atomic E-state index is -1.63. The molecule has 0 aromatic carbocycles. The Labute approximate surface area is 109 Å². The van der Waals surface area contributed by atoms with Crippen LogP contribution in [0.3, 0.4) is 0 Å². The van der Waals surface area contributed by atoms with E-state index >= 15 is 0 Å². The fraction of sp³-hybridized carbons (Fsp3) is 0.857. The third kappa shape index (κ3) is 5.62. The Kier molecular flexibility index (Phi) is 6.31. The summed E-state index contributed by atoms with van der Waals surface area (Å²) in [6.45, 7) is 17.0. The van der Waals surface area contributed by atoms with Crippen molar-refractivity contribution < 1.29 is 9.16 Å². The Balaban J connectivity index is 4.96. The van der Waals surface area contributed by atoms with Crippen LogP contribution in [0.2, 0.25) is 18.1 Å². The maximum Gasteiger partial charge on any atom is 0.264 e. The molecule has 0 fully saturated rings. The van der Waals surface area contributed by atoms with Gasteiger partial charge in [0.05, 0.1) is 0 Å². The van der Waals surface area contributed by atoms with Crippen LogP contribution >= 0.6 is 0 Å². The standard InChI is InChI=1S/C14H30O2Si/c1-9-17(10-2,11-3)16-13(12(4)5)15-14(6,7)8/h9-11H2,1-8H3. The molecule has 102 valence electrons. The van der Waals surface area contributed by atoms with Gasteiger partial charge in [0.1, 0.15) is 5.60 Å². The van der Waals surface area contributed by atoms with Crippen molar-refractivity contribution in [3.63, 3.8) is 0 Å². The van der Waals surface area contributed by atoms with Crippen LogP contribution < -0.4 is 0 Å². The van der Waals surface area contributed by atoms with Gasteiger partial charge in [-0.25, -0.2) is 0 Å². The average molecular weight is 258 g/mol. The lowest BCUT2D eigenvalue weighted by molar-refractivity contribution is -0.0121. The first-order valence-electron chi connectivity index (χ1n) is 6.75. The predicted molar refractivity (Wildman–Crippen MR) is 77.5 cm³/mol. The maximum absolute atomic E-state index is 6.32. The summed E-state index contributed by atoms with van der Waals surface area (Å²) in [7, 11) is -1.63. The second kappa shape index (κ2) is 6.48. The van der Waals surface area contributed by atoms with Crippen LogP contribution in [0.15, 0.2) is 11.5 Å². The normalized spacial score (nSPS) is 12.2. The molecule has 0 aliphatic carbocycles. The van der Waals surface area contributed by atoms with Crippen molar-refractivity contribution in [3.05, 3.63) is 11.5 Å². The van der Waals surface area contributed by atoms with Gasteiger partial charge in [0.15, 0.2) is 0 Å². The van der Waals surface area contributed by atoms with Crippen LogP contribution in [0.4, 0.5) is 0 Å². The molecule has 3 heteroatoms. The summed E-state index contributed by atoms with van der Waals surface area (Å²) < 4.78 is 12.3. The zero-order valence-corrected chi connectivity index (χ0v) is 13.9. The zero-order chi connectivity index (χ0) is 13.7. The minimum Gasteiger partial charge on any atom is -0.519 e. The lowest BCUT2D eigenvalue weighted by Gasteiger charge is -2.33. The molecular weight excluding hydrogens is 228 g/mol. The maximum atomic E-state index is 6.32. The highest BCUT2D eigenvalue weighted by Gasteiger charge is 2.33. The first kappa shape index (κ1) is 16.6. The van der Waals surface area contributed by atoms with Crippen molar-refractivity contribution in [2.75, 3.05) is 0 Å². The van der Waals surface area contributed by atoms with E-state index < -0.39 is 8.32 Å². The van der Waals surface area contributed by atoms with Crippen molar-refractivity contribution in [3.8, 4) is 0 Å². The summed E-state index contributed by atoms with van der Waals surface area (Å²) in [4.78, 5) is 0. The van der Waals surface area contributed by atoms with Gasteiger partial charge < -0.3 is 9.16 Å². The first-order valence-corrected chi connectivity index (χ1v) is 9.28. The van der Waals surface area contributed by atoms with Crippen molar-refractivity contribution in [1.29, 1.82) is 0 Å². The smallest absolute Gasteiger partial charge is 0.264 e. The van der Waals surface area contributed by atoms with Crippen LogP contribution in [0.25, 0.3) is 0 Å². The van der Waals surface area contributed by atoms with Gasteiger partial charge in [-0.05, 0) is 52.8 Å². The molecule has 0 radical (unpaired) electrons. The molecule has 0 amide bonds. The van der Waals surface area contributed by atoms with E-state index in [0.29, 0.717) is 0 Å². The number of hydrogen-bond acceptors (Lipinski definition) is 2. The highest BCUT2D eigenvalue weighted by molar-refractivity contribution is 6.73. The third-order valence-corrected chi connectivity index (χ3v) is 7.53. The van der Waals surface area contributed by atoms with Gasteiger partial charge in [0, 0.05) is 5.57 Å². The molecule has 0 saturated heterocycles. The summed E-state index contributed by atoms with van der Waals surface area (Å²) in [5.74, 6) is 0.759. The zero-order valence-electron chi connectivity index (χ0n) is 12.9. The summed E-state index contributed by atoms with van der Waals surface area (Å²) in [6.07, 6.45) is 0. The van der Waals surface area contributed by atoms with E-state index in [0.717, 1.165) is 29.7 Å². The number of ether oxygens (including phenoxy) is 1. The molecule has 0 bridgehead atoms. The Morgan fingerprint density at radius 1 is 0.941 bits per heavy atom. The van der Waals surface area contributed by atoms with Gasteiger partial charge in [-0.2, -0.15) is 0 Å². The third-order valence-electron chi connectivity index (χ3n) is 3.05. The SMILES string of the molecule is CC[Si](CC)(CC)OC(OC(C)(C)C)=C(C)C. The van der Waals surface area contributed by atoms with Crippen LogP contribution in [0.5, 0.6) is 0 Å². The number of hydrogen-bond donors (Lipinski definition) is 0. The van der Waals surface area contributed by atoms with Crippen molar-refractivity contribution in [2.24, 2.45) is 0 Å². The van der Waals surface area contributed by atoms with Gasteiger partial charge >= 0.3 is 0 Å². The Morgan fingerprint density at radius 2 is 1.35 bits per heavy atom. The van der Waals surface area contributed by atoms with Crippen LogP contribution in [0, 0.1) is 0 Å². The average Bonchev–Trinajstić information content (AvgIpc) is 2.23. The molecule has 0 aliphatic heterocycles. The molecule has 0 saturated carbocycles. The highest BCUT2D eigenvalue weighted by atomic mass is 28.4. The van der Waals surface area contributed by atoms with E-state index in [1.807, 2.05) is 0 Å². The molecule has 17 heavy (non-hydrogen) atoms. The largest absolute Gasteiger partial charge is 0.519 e. The van der Waals surface area contributed by atoms with Gasteiger partial charge in [0.25, 0.3) is 14.3 Å². The topological polar surface area (TPSA) is 18.5 Å². The molecule has 0 unspecified atom stereocenters. The monoisotopic (exact) mass is 258 g/mol. The van der Waals surface area contributed by atoms with Gasteiger partial charge in [-0.1, -0.05) is 20.8 Å². The molecule has 0 N–H and O–H groups in total. The number of rotatable bonds is 6. The van der Waals surface area contributed by atoms with E-state index in [9.17, 15) is 0 Å². The minimum absolute atomic E-state index is 0.192. The molecule has 0 spiro atoms. The van der Waals surface area contributed by atoms with E-state index in [1.165, 1.54) is 0 Å². The van der Waals surface area contributed by atoms with E-state index in [4.69, 9.17) is 9.16 Å². The lowest BCUT2D eigenvalue weighted by Crippen LogP contribution is -2.37. The molecule has 0 rings (SSSR count). The molecular formula is C14H30O2Si. The fourth-order valence-electron chi connectivity index (χ4n) is 1.67. The van der Waals surface area contributed by atoms with Crippen LogP contribution in [0.1, 0.15) is 55.4 Å². The van der Waals surface area contributed by atoms with Crippen molar-refractivity contribution >= 4 is 8.32 Å². The van der Waals surface area contributed by atoms with Gasteiger partial charge in [0.2, 0.25) is 0 Å². The van der Waals surface area contributed by atoms with E-state index in [2.05, 4.69) is 55.4 Å². The van der Waals surface area contributed by atoms with Gasteiger partial charge in [-0.15, -0.1) is 0 Å². The summed E-state index contributed by atoms with van der Waals surface area (Å²) >= 11 is 0. The van der Waals surface area contributed by atoms with Crippen LogP contribution in [-0.2, 0) is 9.16 Å². The van der Waals surface area contributed by atoms with Gasteiger partial charge in [-0.3, -0.25) is 0 Å². The van der Waals surface area contributed by atoms with Crippen molar-refractivity contribution in [2.45, 2.75) is 79.1 Å². The second-order valence-corrected chi connectivity index (χ2v) is 10.5. The Bertz CT molecular complexity index is 248. The summed E-state index contributed by atoms with van der Waals surface area (Å²) in [6, 6.07) is 3.43. The molecule has 0 aromatic rings. The lowest BCUT2D eigenvalue weighted by atomic mass is 10.2. The van der Waals surface area contributed by atoms with E-state index in [-0.39, 0.29) is 5.60 Å². The quantitative estimate of drug-likeness (QED) is 0.489. The summed E-state index contributed by atoms with van der Waals surface area (Å²) in [5, 5.41) is 0. The molecule has 0 atom stereocenters. The molecule has 2 nitrogen and oxygen atoms in total.